The first-order valence-corrected chi connectivity index (χ1v) is 10.7. The second-order valence-corrected chi connectivity index (χ2v) is 8.07. The molecule has 1 amide bonds. The zero-order valence-corrected chi connectivity index (χ0v) is 17.2. The van der Waals surface area contributed by atoms with Gasteiger partial charge < -0.3 is 4.74 Å². The molecule has 2 aromatic carbocycles. The fourth-order valence-electron chi connectivity index (χ4n) is 3.80. The van der Waals surface area contributed by atoms with E-state index >= 15 is 0 Å². The molecule has 0 aromatic heterocycles. The van der Waals surface area contributed by atoms with Crippen LogP contribution in [0.25, 0.3) is 0 Å². The van der Waals surface area contributed by atoms with Crippen LogP contribution in [-0.4, -0.2) is 34.9 Å². The topological polar surface area (TPSA) is 56.6 Å². The van der Waals surface area contributed by atoms with Crippen molar-refractivity contribution in [3.05, 3.63) is 76.3 Å². The Bertz CT molecular complexity index is 950. The molecule has 2 aromatic rings. The largest absolute Gasteiger partial charge is 0.494 e. The standard InChI is InChI=1S/C23H23N3O2S/c1-2-28-19-10-8-18(9-11-19)20-12-22(27)26-15-25(14-17-6-4-3-5-7-17)16-29-23(26)21(20)13-24/h3-11,20H,2,12,14-16H2,1H3/t20-/m0/s1. The first-order valence-electron chi connectivity index (χ1n) is 9.76. The van der Waals surface area contributed by atoms with Gasteiger partial charge in [-0.05, 0) is 30.2 Å². The summed E-state index contributed by atoms with van der Waals surface area (Å²) in [5.41, 5.74) is 2.90. The molecule has 5 nitrogen and oxygen atoms in total. The predicted molar refractivity (Wildman–Crippen MR) is 114 cm³/mol. The highest BCUT2D eigenvalue weighted by atomic mass is 32.2. The summed E-state index contributed by atoms with van der Waals surface area (Å²) in [4.78, 5) is 17.0. The highest BCUT2D eigenvalue weighted by molar-refractivity contribution is 8.03. The highest BCUT2D eigenvalue weighted by Crippen LogP contribution is 2.42. The zero-order chi connectivity index (χ0) is 20.2. The van der Waals surface area contributed by atoms with Crippen LogP contribution < -0.4 is 4.74 Å². The maximum absolute atomic E-state index is 13.0. The van der Waals surface area contributed by atoms with E-state index in [4.69, 9.17) is 4.74 Å². The van der Waals surface area contributed by atoms with Crippen LogP contribution in [0.1, 0.15) is 30.4 Å². The number of benzene rings is 2. The van der Waals surface area contributed by atoms with E-state index in [1.54, 1.807) is 16.7 Å². The fraction of sp³-hybridized carbons (Fsp3) is 0.304. The van der Waals surface area contributed by atoms with E-state index < -0.39 is 0 Å². The second kappa shape index (κ2) is 8.73. The van der Waals surface area contributed by atoms with Gasteiger partial charge in [0.05, 0.1) is 35.8 Å². The van der Waals surface area contributed by atoms with Gasteiger partial charge in [0.25, 0.3) is 0 Å². The SMILES string of the molecule is CCOc1ccc([C@@H]2CC(=O)N3CN(Cc4ccccc4)CSC3=C2C#N)cc1. The van der Waals surface area contributed by atoms with E-state index in [9.17, 15) is 10.1 Å². The van der Waals surface area contributed by atoms with E-state index in [0.29, 0.717) is 25.3 Å². The van der Waals surface area contributed by atoms with Gasteiger partial charge in [0.15, 0.2) is 0 Å². The van der Waals surface area contributed by atoms with E-state index in [-0.39, 0.29) is 11.8 Å². The average molecular weight is 406 g/mol. The third-order valence-corrected chi connectivity index (χ3v) is 6.40. The number of carbonyl (C=O) groups is 1. The summed E-state index contributed by atoms with van der Waals surface area (Å²) in [5, 5.41) is 10.7. The number of carbonyl (C=O) groups excluding carboxylic acids is 1. The lowest BCUT2D eigenvalue weighted by atomic mass is 9.86. The van der Waals surface area contributed by atoms with Gasteiger partial charge in [-0.25, -0.2) is 0 Å². The molecule has 0 spiro atoms. The van der Waals surface area contributed by atoms with Crippen molar-refractivity contribution in [2.45, 2.75) is 25.8 Å². The number of hydrogen-bond donors (Lipinski definition) is 0. The van der Waals surface area contributed by atoms with Gasteiger partial charge in [0.1, 0.15) is 5.75 Å². The molecular weight excluding hydrogens is 382 g/mol. The number of nitrogens with zero attached hydrogens (tertiary/aromatic N) is 3. The molecule has 1 fully saturated rings. The van der Waals surface area contributed by atoms with Crippen molar-refractivity contribution in [3.8, 4) is 11.8 Å². The lowest BCUT2D eigenvalue weighted by Crippen LogP contribution is -2.46. The highest BCUT2D eigenvalue weighted by Gasteiger charge is 2.38. The quantitative estimate of drug-likeness (QED) is 0.742. The summed E-state index contributed by atoms with van der Waals surface area (Å²) < 4.78 is 5.51. The van der Waals surface area contributed by atoms with Crippen LogP contribution in [-0.2, 0) is 11.3 Å². The Kier molecular flexibility index (Phi) is 5.89. The molecule has 0 N–H and O–H groups in total. The van der Waals surface area contributed by atoms with Crippen LogP contribution in [0.2, 0.25) is 0 Å². The van der Waals surface area contributed by atoms with E-state index in [2.05, 4.69) is 23.1 Å². The molecule has 0 bridgehead atoms. The molecule has 0 aliphatic carbocycles. The van der Waals surface area contributed by atoms with E-state index in [1.165, 1.54) is 5.56 Å². The molecule has 148 valence electrons. The van der Waals surface area contributed by atoms with Crippen LogP contribution in [0.15, 0.2) is 65.2 Å². The predicted octanol–water partition coefficient (Wildman–Crippen LogP) is 4.30. The van der Waals surface area contributed by atoms with Crippen molar-refractivity contribution in [2.75, 3.05) is 19.2 Å². The third-order valence-electron chi connectivity index (χ3n) is 5.19. The summed E-state index contributed by atoms with van der Waals surface area (Å²) in [6, 6.07) is 20.4. The lowest BCUT2D eigenvalue weighted by molar-refractivity contribution is -0.131. The molecule has 1 saturated heterocycles. The normalized spacial score (nSPS) is 19.7. The molecule has 0 unspecified atom stereocenters. The molecule has 2 aliphatic heterocycles. The van der Waals surface area contributed by atoms with Crippen LogP contribution in [0, 0.1) is 11.3 Å². The number of nitriles is 1. The van der Waals surface area contributed by atoms with Gasteiger partial charge in [-0.1, -0.05) is 54.2 Å². The number of allylic oxidation sites excluding steroid dienone is 1. The smallest absolute Gasteiger partial charge is 0.229 e. The molecule has 6 heteroatoms. The molecule has 4 rings (SSSR count). The molecule has 2 aliphatic rings. The van der Waals surface area contributed by atoms with Crippen LogP contribution >= 0.6 is 11.8 Å². The summed E-state index contributed by atoms with van der Waals surface area (Å²) in [7, 11) is 0. The van der Waals surface area contributed by atoms with Crippen LogP contribution in [0.5, 0.6) is 5.75 Å². The summed E-state index contributed by atoms with van der Waals surface area (Å²) in [5.74, 6) is 1.44. The lowest BCUT2D eigenvalue weighted by Gasteiger charge is -2.41. The fourth-order valence-corrected chi connectivity index (χ4v) is 4.93. The summed E-state index contributed by atoms with van der Waals surface area (Å²) >= 11 is 1.58. The van der Waals surface area contributed by atoms with Crippen molar-refractivity contribution < 1.29 is 9.53 Å². The number of hydrogen-bond acceptors (Lipinski definition) is 5. The van der Waals surface area contributed by atoms with Crippen LogP contribution in [0.4, 0.5) is 0 Å². The van der Waals surface area contributed by atoms with Crippen molar-refractivity contribution in [1.82, 2.24) is 9.80 Å². The maximum Gasteiger partial charge on any atom is 0.229 e. The third kappa shape index (κ3) is 4.16. The maximum atomic E-state index is 13.0. The van der Waals surface area contributed by atoms with E-state index in [1.807, 2.05) is 49.4 Å². The van der Waals surface area contributed by atoms with Crippen molar-refractivity contribution in [1.29, 1.82) is 5.26 Å². The number of rotatable bonds is 5. The van der Waals surface area contributed by atoms with Gasteiger partial charge in [0.2, 0.25) is 5.91 Å². The minimum absolute atomic E-state index is 0.0724. The molecule has 0 saturated carbocycles. The molecule has 29 heavy (non-hydrogen) atoms. The number of thioether (sulfide) groups is 1. The van der Waals surface area contributed by atoms with Gasteiger partial charge >= 0.3 is 0 Å². The monoisotopic (exact) mass is 405 g/mol. The van der Waals surface area contributed by atoms with Gasteiger partial charge in [-0.2, -0.15) is 5.26 Å². The Labute approximate surface area is 175 Å². The minimum Gasteiger partial charge on any atom is -0.494 e. The van der Waals surface area contributed by atoms with E-state index in [0.717, 1.165) is 28.8 Å². The summed E-state index contributed by atoms with van der Waals surface area (Å²) in [6.45, 7) is 3.87. The summed E-state index contributed by atoms with van der Waals surface area (Å²) in [6.07, 6.45) is 0.320. The van der Waals surface area contributed by atoms with Gasteiger partial charge in [0, 0.05) is 18.9 Å². The average Bonchev–Trinajstić information content (AvgIpc) is 2.75. The number of amides is 1. The first kappa shape index (κ1) is 19.6. The molecular formula is C23H23N3O2S. The second-order valence-electron chi connectivity index (χ2n) is 7.14. The zero-order valence-electron chi connectivity index (χ0n) is 16.4. The van der Waals surface area contributed by atoms with Crippen LogP contribution in [0.3, 0.4) is 0 Å². The Morgan fingerprint density at radius 2 is 1.93 bits per heavy atom. The Hall–Kier alpha value is -2.75. The van der Waals surface area contributed by atoms with Gasteiger partial charge in [-0.15, -0.1) is 0 Å². The van der Waals surface area contributed by atoms with Crippen molar-refractivity contribution in [3.63, 3.8) is 0 Å². The number of fused-ring (bicyclic) bond motifs is 1. The van der Waals surface area contributed by atoms with Crippen molar-refractivity contribution >= 4 is 17.7 Å². The molecule has 2 heterocycles. The Morgan fingerprint density at radius 1 is 1.17 bits per heavy atom. The van der Waals surface area contributed by atoms with Gasteiger partial charge in [-0.3, -0.25) is 14.6 Å². The Morgan fingerprint density at radius 3 is 2.62 bits per heavy atom. The number of ether oxygens (including phenoxy) is 1. The molecule has 0 radical (unpaired) electrons. The van der Waals surface area contributed by atoms with Crippen molar-refractivity contribution in [2.24, 2.45) is 0 Å². The minimum atomic E-state index is -0.192. The first-order chi connectivity index (χ1) is 14.2. The molecule has 1 atom stereocenters. The Balaban J connectivity index is 1.56.